The monoisotopic (exact) mass is 458 g/mol. The van der Waals surface area contributed by atoms with E-state index >= 15 is 0 Å². The zero-order valence-electron chi connectivity index (χ0n) is 14.2. The van der Waals surface area contributed by atoms with Crippen LogP contribution in [0.4, 0.5) is 0 Å². The Labute approximate surface area is 171 Å². The maximum Gasteiger partial charge on any atom is 0.530 e. The van der Waals surface area contributed by atoms with Crippen LogP contribution in [0.3, 0.4) is 0 Å². The summed E-state index contributed by atoms with van der Waals surface area (Å²) in [7, 11) is 0. The summed E-state index contributed by atoms with van der Waals surface area (Å²) in [6.07, 6.45) is 0. The molecule has 0 saturated carbocycles. The molecule has 28 heavy (non-hydrogen) atoms. The Morgan fingerprint density at radius 2 is 0.714 bits per heavy atom. The van der Waals surface area contributed by atoms with Crippen LogP contribution in [0.15, 0.2) is 84.9 Å². The highest BCUT2D eigenvalue weighted by Crippen LogP contribution is 2.55. The minimum atomic E-state index is -3.91. The molecule has 0 amide bonds. The van der Waals surface area contributed by atoms with Crippen LogP contribution in [0.1, 0.15) is 0 Å². The molecule has 0 aromatic heterocycles. The maximum absolute atomic E-state index is 12.3. The van der Waals surface area contributed by atoms with E-state index < -0.39 is 13.9 Å². The van der Waals surface area contributed by atoms with Crippen molar-refractivity contribution in [3.8, 4) is 23.0 Å². The van der Waals surface area contributed by atoms with Gasteiger partial charge in [-0.3, -0.25) is 0 Å². The molecule has 3 rings (SSSR count). The first kappa shape index (κ1) is 20.6. The van der Waals surface area contributed by atoms with Gasteiger partial charge in [-0.15, -0.1) is 0 Å². The summed E-state index contributed by atoms with van der Waals surface area (Å²) >= 11 is 11.7. The van der Waals surface area contributed by atoms with Crippen molar-refractivity contribution in [2.24, 2.45) is 0 Å². The highest BCUT2D eigenvalue weighted by atomic mass is 35.7. The van der Waals surface area contributed by atoms with E-state index in [9.17, 15) is 9.13 Å². The smallest absolute Gasteiger partial charge is 0.405 e. The Morgan fingerprint density at radius 1 is 0.464 bits per heavy atom. The molecule has 0 bridgehead atoms. The molecule has 0 aliphatic rings. The Hall–Kier alpha value is -2.10. The first-order valence-corrected chi connectivity index (χ1v) is 12.8. The van der Waals surface area contributed by atoms with Crippen LogP contribution in [-0.2, 0) is 9.13 Å². The largest absolute Gasteiger partial charge is 0.530 e. The van der Waals surface area contributed by atoms with Crippen LogP contribution in [0, 0.1) is 0 Å². The van der Waals surface area contributed by atoms with Crippen LogP contribution < -0.4 is 18.1 Å². The number of hydrogen-bond acceptors (Lipinski definition) is 6. The number of hydrogen-bond donors (Lipinski definition) is 0. The van der Waals surface area contributed by atoms with Gasteiger partial charge in [-0.2, -0.15) is 0 Å². The van der Waals surface area contributed by atoms with E-state index in [1.54, 1.807) is 60.7 Å². The Kier molecular flexibility index (Phi) is 6.58. The average molecular weight is 459 g/mol. The van der Waals surface area contributed by atoms with Crippen molar-refractivity contribution in [1.29, 1.82) is 0 Å². The van der Waals surface area contributed by atoms with Crippen molar-refractivity contribution in [3.05, 3.63) is 84.9 Å². The van der Waals surface area contributed by atoms with Crippen LogP contribution >= 0.6 is 36.4 Å². The molecule has 0 aliphatic carbocycles. The van der Waals surface area contributed by atoms with Gasteiger partial charge in [0, 0.05) is 22.5 Å². The minimum absolute atomic E-state index is 0.162. The Morgan fingerprint density at radius 3 is 1.00 bits per heavy atom. The molecule has 10 heteroatoms. The number of benzene rings is 3. The van der Waals surface area contributed by atoms with E-state index in [2.05, 4.69) is 0 Å². The van der Waals surface area contributed by atoms with Gasteiger partial charge in [0.25, 0.3) is 0 Å². The third-order valence-electron chi connectivity index (χ3n) is 3.17. The number of para-hydroxylation sites is 2. The normalized spacial score (nSPS) is 14.9. The van der Waals surface area contributed by atoms with Crippen LogP contribution in [0.25, 0.3) is 0 Å². The van der Waals surface area contributed by atoms with Gasteiger partial charge in [0.15, 0.2) is 0 Å². The lowest BCUT2D eigenvalue weighted by Crippen LogP contribution is -1.96. The molecule has 0 N–H and O–H groups in total. The summed E-state index contributed by atoms with van der Waals surface area (Å²) in [5, 5.41) is 0. The second-order valence-electron chi connectivity index (χ2n) is 5.32. The van der Waals surface area contributed by atoms with Gasteiger partial charge in [-0.05, 0) is 48.5 Å². The lowest BCUT2D eigenvalue weighted by Gasteiger charge is -2.15. The zero-order chi connectivity index (χ0) is 20.0. The van der Waals surface area contributed by atoms with E-state index in [1.165, 1.54) is 24.3 Å². The summed E-state index contributed by atoms with van der Waals surface area (Å²) in [4.78, 5) is 0. The van der Waals surface area contributed by atoms with Crippen LogP contribution in [0.5, 0.6) is 23.0 Å². The Bertz CT molecular complexity index is 917. The fourth-order valence-corrected chi connectivity index (χ4v) is 4.59. The van der Waals surface area contributed by atoms with Crippen molar-refractivity contribution >= 4 is 36.4 Å². The van der Waals surface area contributed by atoms with Gasteiger partial charge in [0.05, 0.1) is 0 Å². The highest BCUT2D eigenvalue weighted by Gasteiger charge is 2.26. The van der Waals surface area contributed by atoms with Gasteiger partial charge < -0.3 is 18.1 Å². The molecule has 6 nitrogen and oxygen atoms in total. The van der Waals surface area contributed by atoms with Crippen molar-refractivity contribution in [1.82, 2.24) is 0 Å². The summed E-state index contributed by atoms with van der Waals surface area (Å²) in [6, 6.07) is 22.4. The highest BCUT2D eigenvalue weighted by molar-refractivity contribution is 7.82. The summed E-state index contributed by atoms with van der Waals surface area (Å²) in [5.41, 5.74) is 0. The minimum Gasteiger partial charge on any atom is -0.405 e. The van der Waals surface area contributed by atoms with Gasteiger partial charge in [0.2, 0.25) is 0 Å². The lowest BCUT2D eigenvalue weighted by atomic mass is 10.3. The van der Waals surface area contributed by atoms with E-state index in [4.69, 9.17) is 40.6 Å². The van der Waals surface area contributed by atoms with Gasteiger partial charge >= 0.3 is 13.9 Å². The molecule has 0 radical (unpaired) electrons. The van der Waals surface area contributed by atoms with Crippen molar-refractivity contribution in [3.63, 3.8) is 0 Å². The molecule has 3 aromatic carbocycles. The third kappa shape index (κ3) is 6.50. The molecule has 0 heterocycles. The number of halogens is 2. The summed E-state index contributed by atoms with van der Waals surface area (Å²) in [5.74, 6) is 0.939. The molecule has 146 valence electrons. The predicted molar refractivity (Wildman–Crippen MR) is 109 cm³/mol. The zero-order valence-corrected chi connectivity index (χ0v) is 17.5. The van der Waals surface area contributed by atoms with E-state index in [1.807, 2.05) is 0 Å². The SMILES string of the molecule is O=P(Cl)(Oc1ccccc1)Oc1ccc(OP(=O)(Cl)Oc2ccccc2)cc1. The third-order valence-corrected chi connectivity index (χ3v) is 5.71. The van der Waals surface area contributed by atoms with Crippen LogP contribution in [-0.4, -0.2) is 0 Å². The molecule has 2 atom stereocenters. The predicted octanol–water partition coefficient (Wildman–Crippen LogP) is 7.30. The quantitative estimate of drug-likeness (QED) is 0.330. The number of rotatable bonds is 8. The van der Waals surface area contributed by atoms with E-state index in [0.717, 1.165) is 0 Å². The van der Waals surface area contributed by atoms with E-state index in [0.29, 0.717) is 11.5 Å². The van der Waals surface area contributed by atoms with Crippen molar-refractivity contribution in [2.45, 2.75) is 0 Å². The first-order chi connectivity index (χ1) is 13.3. The molecule has 0 spiro atoms. The standard InChI is InChI=1S/C18H14Cl2O6P2/c19-27(21,23-15-7-3-1-4-8-15)25-17-11-13-18(14-12-17)26-28(20,22)24-16-9-5-2-6-10-16/h1-14H. The van der Waals surface area contributed by atoms with Crippen molar-refractivity contribution in [2.75, 3.05) is 0 Å². The van der Waals surface area contributed by atoms with Crippen molar-refractivity contribution < 1.29 is 27.2 Å². The van der Waals surface area contributed by atoms with Gasteiger partial charge in [-0.1, -0.05) is 36.4 Å². The summed E-state index contributed by atoms with van der Waals surface area (Å²) in [6.45, 7) is -7.82. The molecule has 0 aliphatic heterocycles. The molecule has 0 saturated heterocycles. The fourth-order valence-electron chi connectivity index (χ4n) is 2.06. The fraction of sp³-hybridized carbons (Fsp3) is 0. The topological polar surface area (TPSA) is 71.1 Å². The molecule has 3 aromatic rings. The van der Waals surface area contributed by atoms with Gasteiger partial charge in [-0.25, -0.2) is 9.13 Å². The molecule has 0 fully saturated rings. The summed E-state index contributed by atoms with van der Waals surface area (Å²) < 4.78 is 45.3. The average Bonchev–Trinajstić information content (AvgIpc) is 2.64. The lowest BCUT2D eigenvalue weighted by molar-refractivity contribution is 0.400. The molecular formula is C18H14Cl2O6P2. The van der Waals surface area contributed by atoms with Crippen LogP contribution in [0.2, 0.25) is 0 Å². The van der Waals surface area contributed by atoms with Gasteiger partial charge in [0.1, 0.15) is 23.0 Å². The van der Waals surface area contributed by atoms with E-state index in [-0.39, 0.29) is 11.5 Å². The Balaban J connectivity index is 1.61. The first-order valence-electron chi connectivity index (χ1n) is 7.89. The second kappa shape index (κ2) is 8.93. The second-order valence-corrected chi connectivity index (χ2v) is 10.3. The molecular weight excluding hydrogens is 445 g/mol. The maximum atomic E-state index is 12.3. The molecule has 2 unspecified atom stereocenters.